The third kappa shape index (κ3) is 6.59. The zero-order valence-corrected chi connectivity index (χ0v) is 21.3. The van der Waals surface area contributed by atoms with E-state index < -0.39 is 10.0 Å². The third-order valence-electron chi connectivity index (χ3n) is 5.73. The van der Waals surface area contributed by atoms with E-state index in [1.807, 2.05) is 18.2 Å². The van der Waals surface area contributed by atoms with Crippen molar-refractivity contribution in [3.8, 4) is 11.5 Å². The minimum atomic E-state index is -3.49. The van der Waals surface area contributed by atoms with E-state index in [2.05, 4.69) is 24.5 Å². The molecule has 33 heavy (non-hydrogen) atoms. The van der Waals surface area contributed by atoms with Crippen molar-refractivity contribution in [3.63, 3.8) is 0 Å². The lowest BCUT2D eigenvalue weighted by molar-refractivity contribution is 0.222. The lowest BCUT2D eigenvalue weighted by Gasteiger charge is -2.34. The monoisotopic (exact) mass is 491 g/mol. The summed E-state index contributed by atoms with van der Waals surface area (Å²) < 4.78 is 38.3. The summed E-state index contributed by atoms with van der Waals surface area (Å²) in [7, 11) is -0.266. The van der Waals surface area contributed by atoms with Crippen molar-refractivity contribution in [3.05, 3.63) is 48.0 Å². The zero-order valence-electron chi connectivity index (χ0n) is 19.6. The summed E-state index contributed by atoms with van der Waals surface area (Å²) in [5.74, 6) is 2.12. The first-order valence-electron chi connectivity index (χ1n) is 11.1. The van der Waals surface area contributed by atoms with Crippen molar-refractivity contribution in [1.82, 2.24) is 9.62 Å². The second kappa shape index (κ2) is 11.2. The van der Waals surface area contributed by atoms with Gasteiger partial charge in [-0.15, -0.1) is 0 Å². The van der Waals surface area contributed by atoms with Crippen molar-refractivity contribution in [2.24, 2.45) is 11.8 Å². The Hall–Kier alpha value is -2.36. The molecular formula is C24H33N3O4S2. The van der Waals surface area contributed by atoms with Crippen LogP contribution in [0.4, 0.5) is 5.69 Å². The molecule has 1 saturated heterocycles. The van der Waals surface area contributed by atoms with Crippen LogP contribution in [0.3, 0.4) is 0 Å². The summed E-state index contributed by atoms with van der Waals surface area (Å²) in [6.45, 7) is 5.98. The fraction of sp³-hybridized carbons (Fsp3) is 0.458. The molecule has 2 atom stereocenters. The summed E-state index contributed by atoms with van der Waals surface area (Å²) in [5.41, 5.74) is 1.83. The van der Waals surface area contributed by atoms with E-state index in [1.54, 1.807) is 42.8 Å². The molecule has 3 rings (SSSR count). The first-order valence-corrected chi connectivity index (χ1v) is 12.9. The molecule has 9 heteroatoms. The number of rotatable bonds is 8. The number of thiocarbonyl (C=S) groups is 1. The Kier molecular flexibility index (Phi) is 8.56. The van der Waals surface area contributed by atoms with E-state index in [-0.39, 0.29) is 0 Å². The van der Waals surface area contributed by atoms with Crippen LogP contribution >= 0.6 is 12.2 Å². The lowest BCUT2D eigenvalue weighted by atomic mass is 9.94. The van der Waals surface area contributed by atoms with Gasteiger partial charge in [-0.2, -0.15) is 4.31 Å². The van der Waals surface area contributed by atoms with Crippen molar-refractivity contribution in [2.75, 3.05) is 39.2 Å². The molecule has 1 aliphatic rings. The topological polar surface area (TPSA) is 79.9 Å². The van der Waals surface area contributed by atoms with Crippen molar-refractivity contribution in [1.29, 1.82) is 0 Å². The molecule has 0 amide bonds. The highest BCUT2D eigenvalue weighted by molar-refractivity contribution is 7.89. The van der Waals surface area contributed by atoms with Gasteiger partial charge in [0.2, 0.25) is 10.0 Å². The van der Waals surface area contributed by atoms with Crippen molar-refractivity contribution >= 4 is 33.0 Å². The Morgan fingerprint density at radius 2 is 1.67 bits per heavy atom. The fourth-order valence-corrected chi connectivity index (χ4v) is 6.09. The van der Waals surface area contributed by atoms with Crippen LogP contribution in [0, 0.1) is 11.8 Å². The van der Waals surface area contributed by atoms with E-state index in [0.29, 0.717) is 53.0 Å². The average molecular weight is 492 g/mol. The van der Waals surface area contributed by atoms with E-state index in [1.165, 1.54) is 0 Å². The molecule has 0 bridgehead atoms. The Morgan fingerprint density at radius 3 is 2.27 bits per heavy atom. The number of sulfonamides is 1. The molecule has 2 aromatic carbocycles. The lowest BCUT2D eigenvalue weighted by Crippen LogP contribution is -2.42. The highest BCUT2D eigenvalue weighted by Gasteiger charge is 2.31. The molecule has 0 radical (unpaired) electrons. The summed E-state index contributed by atoms with van der Waals surface area (Å²) in [6.07, 6.45) is 1.82. The molecule has 0 spiro atoms. The summed E-state index contributed by atoms with van der Waals surface area (Å²) >= 11 is 5.38. The maximum Gasteiger partial charge on any atom is 0.243 e. The van der Waals surface area contributed by atoms with E-state index in [9.17, 15) is 8.42 Å². The van der Waals surface area contributed by atoms with Crippen LogP contribution in [0.5, 0.6) is 11.5 Å². The number of methoxy groups -OCH3 is 2. The Labute approximate surface area is 202 Å². The first kappa shape index (κ1) is 25.3. The van der Waals surface area contributed by atoms with E-state index >= 15 is 0 Å². The molecule has 1 fully saturated rings. The summed E-state index contributed by atoms with van der Waals surface area (Å²) in [4.78, 5) is 0.307. The van der Waals surface area contributed by atoms with Gasteiger partial charge in [-0.25, -0.2) is 8.42 Å². The molecule has 1 aliphatic heterocycles. The normalized spacial score (nSPS) is 19.0. The molecule has 0 aromatic heterocycles. The van der Waals surface area contributed by atoms with Crippen LogP contribution in [-0.4, -0.2) is 51.7 Å². The van der Waals surface area contributed by atoms with Gasteiger partial charge in [-0.3, -0.25) is 0 Å². The molecule has 0 unspecified atom stereocenters. The SMILES string of the molecule is COc1ccc(CCNC(=S)Nc2ccc(S(=O)(=O)N3C[C@H](C)C[C@@H](C)C3)cc2)cc1OC. The molecule has 1 heterocycles. The predicted octanol–water partition coefficient (Wildman–Crippen LogP) is 3.90. The zero-order chi connectivity index (χ0) is 24.0. The van der Waals surface area contributed by atoms with Gasteiger partial charge in [-0.1, -0.05) is 19.9 Å². The predicted molar refractivity (Wildman–Crippen MR) is 136 cm³/mol. The van der Waals surface area contributed by atoms with Crippen LogP contribution < -0.4 is 20.1 Å². The fourth-order valence-electron chi connectivity index (χ4n) is 4.19. The van der Waals surface area contributed by atoms with Crippen LogP contribution in [0.15, 0.2) is 47.4 Å². The molecule has 7 nitrogen and oxygen atoms in total. The standard InChI is InChI=1S/C24H33N3O4S2/c1-17-13-18(2)16-27(15-17)33(28,29)21-8-6-20(7-9-21)26-24(32)25-12-11-19-5-10-22(30-3)23(14-19)31-4/h5-10,14,17-18H,11-13,15-16H2,1-4H3,(H2,25,26,32)/t17-,18-/m1/s1. The quantitative estimate of drug-likeness (QED) is 0.542. The molecule has 2 N–H and O–H groups in total. The van der Waals surface area contributed by atoms with Gasteiger partial charge < -0.3 is 20.1 Å². The van der Waals surface area contributed by atoms with E-state index in [0.717, 1.165) is 24.1 Å². The van der Waals surface area contributed by atoms with Gasteiger partial charge in [0.05, 0.1) is 19.1 Å². The molecule has 180 valence electrons. The second-order valence-corrected chi connectivity index (χ2v) is 11.0. The number of hydrogen-bond acceptors (Lipinski definition) is 5. The second-order valence-electron chi connectivity index (χ2n) is 8.61. The van der Waals surface area contributed by atoms with Crippen LogP contribution in [-0.2, 0) is 16.4 Å². The van der Waals surface area contributed by atoms with Crippen LogP contribution in [0.1, 0.15) is 25.8 Å². The van der Waals surface area contributed by atoms with Crippen LogP contribution in [0.2, 0.25) is 0 Å². The summed E-state index contributed by atoms with van der Waals surface area (Å²) in [5, 5.41) is 6.76. The Morgan fingerprint density at radius 1 is 1.03 bits per heavy atom. The van der Waals surface area contributed by atoms with Gasteiger partial charge in [0.25, 0.3) is 0 Å². The highest BCUT2D eigenvalue weighted by atomic mass is 32.2. The first-order chi connectivity index (χ1) is 15.7. The van der Waals surface area contributed by atoms with Gasteiger partial charge in [0.15, 0.2) is 16.6 Å². The van der Waals surface area contributed by atoms with Crippen LogP contribution in [0.25, 0.3) is 0 Å². The number of ether oxygens (including phenoxy) is 2. The maximum atomic E-state index is 13.0. The smallest absolute Gasteiger partial charge is 0.243 e. The Balaban J connectivity index is 1.53. The molecule has 0 aliphatic carbocycles. The number of anilines is 1. The third-order valence-corrected chi connectivity index (χ3v) is 7.82. The minimum absolute atomic E-state index is 0.307. The van der Waals surface area contributed by atoms with Crippen molar-refractivity contribution < 1.29 is 17.9 Å². The minimum Gasteiger partial charge on any atom is -0.493 e. The van der Waals surface area contributed by atoms with Gasteiger partial charge in [0.1, 0.15) is 0 Å². The number of nitrogens with zero attached hydrogens (tertiary/aromatic N) is 1. The average Bonchev–Trinajstić information content (AvgIpc) is 2.78. The maximum absolute atomic E-state index is 13.0. The number of nitrogens with one attached hydrogen (secondary N) is 2. The molecule has 2 aromatic rings. The molecular weight excluding hydrogens is 458 g/mol. The number of piperidine rings is 1. The highest BCUT2D eigenvalue weighted by Crippen LogP contribution is 2.28. The van der Waals surface area contributed by atoms with Gasteiger partial charge in [-0.05, 0) is 78.9 Å². The van der Waals surface area contributed by atoms with Crippen molar-refractivity contribution in [2.45, 2.75) is 31.6 Å². The Bertz CT molecular complexity index is 1050. The number of hydrogen-bond donors (Lipinski definition) is 2. The van der Waals surface area contributed by atoms with E-state index in [4.69, 9.17) is 21.7 Å². The number of benzene rings is 2. The summed E-state index contributed by atoms with van der Waals surface area (Å²) in [6, 6.07) is 12.6. The largest absolute Gasteiger partial charge is 0.493 e. The van der Waals surface area contributed by atoms with Gasteiger partial charge >= 0.3 is 0 Å². The molecule has 0 saturated carbocycles. The van der Waals surface area contributed by atoms with Gasteiger partial charge in [0, 0.05) is 25.3 Å².